The van der Waals surface area contributed by atoms with Crippen molar-refractivity contribution in [3.05, 3.63) is 33.5 Å². The molecule has 0 spiro atoms. The van der Waals surface area contributed by atoms with Gasteiger partial charge in [0.05, 0.1) is 0 Å². The van der Waals surface area contributed by atoms with Gasteiger partial charge in [0.25, 0.3) is 0 Å². The van der Waals surface area contributed by atoms with E-state index in [0.29, 0.717) is 0 Å². The lowest BCUT2D eigenvalue weighted by Crippen LogP contribution is -2.20. The molecule has 1 aliphatic carbocycles. The van der Waals surface area contributed by atoms with Crippen molar-refractivity contribution in [1.29, 1.82) is 0 Å². The van der Waals surface area contributed by atoms with Gasteiger partial charge >= 0.3 is 0 Å². The summed E-state index contributed by atoms with van der Waals surface area (Å²) in [5, 5.41) is 2.92. The topological polar surface area (TPSA) is 0 Å². The van der Waals surface area contributed by atoms with Crippen molar-refractivity contribution >= 4 is 33.6 Å². The van der Waals surface area contributed by atoms with Crippen molar-refractivity contribution in [1.82, 2.24) is 0 Å². The lowest BCUT2D eigenvalue weighted by atomic mass is 10.1. The first-order valence-electron chi connectivity index (χ1n) is 5.05. The lowest BCUT2D eigenvalue weighted by Gasteiger charge is -1.94. The summed E-state index contributed by atoms with van der Waals surface area (Å²) >= 11 is 1.94. The van der Waals surface area contributed by atoms with Crippen LogP contribution in [0.3, 0.4) is 0 Å². The van der Waals surface area contributed by atoms with Crippen LogP contribution in [0.4, 0.5) is 0 Å². The van der Waals surface area contributed by atoms with E-state index in [9.17, 15) is 0 Å². The molecule has 0 N–H and O–H groups in total. The normalized spacial score (nSPS) is 14.6. The largest absolute Gasteiger partial charge is 0.135 e. The van der Waals surface area contributed by atoms with Crippen LogP contribution >= 0.6 is 11.3 Å². The Morgan fingerprint density at radius 3 is 2.93 bits per heavy atom. The Morgan fingerprint density at radius 1 is 1.14 bits per heavy atom. The van der Waals surface area contributed by atoms with Crippen LogP contribution in [0, 0.1) is 6.92 Å². The molecule has 0 aliphatic heterocycles. The van der Waals surface area contributed by atoms with E-state index in [1.807, 2.05) is 11.3 Å². The van der Waals surface area contributed by atoms with Gasteiger partial charge in [0.2, 0.25) is 0 Å². The van der Waals surface area contributed by atoms with Gasteiger partial charge in [0.1, 0.15) is 0 Å². The minimum atomic E-state index is 1.20. The number of benzene rings is 1. The highest BCUT2D eigenvalue weighted by Crippen LogP contribution is 2.18. The van der Waals surface area contributed by atoms with Crippen LogP contribution in [-0.2, 0) is 0 Å². The van der Waals surface area contributed by atoms with Gasteiger partial charge in [0, 0.05) is 14.6 Å². The molecule has 1 heterocycles. The second-order valence-electron chi connectivity index (χ2n) is 3.82. The van der Waals surface area contributed by atoms with Crippen LogP contribution < -0.4 is 9.75 Å². The van der Waals surface area contributed by atoms with Crippen molar-refractivity contribution in [3.8, 4) is 0 Å². The van der Waals surface area contributed by atoms with Crippen molar-refractivity contribution in [3.63, 3.8) is 0 Å². The maximum absolute atomic E-state index is 2.38. The number of hydrogen-bond acceptors (Lipinski definition) is 1. The number of thiophene rings is 1. The van der Waals surface area contributed by atoms with E-state index in [1.54, 1.807) is 0 Å². The summed E-state index contributed by atoms with van der Waals surface area (Å²) in [7, 11) is 0. The minimum Gasteiger partial charge on any atom is -0.135 e. The van der Waals surface area contributed by atoms with Gasteiger partial charge in [0.15, 0.2) is 0 Å². The Balaban J connectivity index is 2.62. The van der Waals surface area contributed by atoms with Crippen molar-refractivity contribution < 1.29 is 0 Å². The van der Waals surface area contributed by atoms with Gasteiger partial charge in [-0.05, 0) is 30.5 Å². The first-order valence-corrected chi connectivity index (χ1v) is 5.86. The molecule has 0 radical (unpaired) electrons. The Hall–Kier alpha value is -1.08. The Bertz CT molecular complexity index is 602. The van der Waals surface area contributed by atoms with Gasteiger partial charge in [-0.3, -0.25) is 0 Å². The van der Waals surface area contributed by atoms with Gasteiger partial charge in [-0.1, -0.05) is 30.4 Å². The van der Waals surface area contributed by atoms with Crippen molar-refractivity contribution in [2.75, 3.05) is 0 Å². The molecule has 70 valence electrons. The predicted octanol–water partition coefficient (Wildman–Crippen LogP) is 2.56. The number of fused-ring (bicyclic) bond motifs is 3. The monoisotopic (exact) mass is 200 g/mol. The van der Waals surface area contributed by atoms with E-state index in [4.69, 9.17) is 0 Å². The number of rotatable bonds is 0. The summed E-state index contributed by atoms with van der Waals surface area (Å²) in [6.45, 7) is 2.20. The molecule has 0 atom stereocenters. The second-order valence-corrected chi connectivity index (χ2v) is 4.87. The van der Waals surface area contributed by atoms with E-state index in [1.165, 1.54) is 38.2 Å². The molecule has 0 bridgehead atoms. The van der Waals surface area contributed by atoms with Crippen molar-refractivity contribution in [2.24, 2.45) is 0 Å². The van der Waals surface area contributed by atoms with Crippen LogP contribution in [0.1, 0.15) is 18.4 Å². The average molecular weight is 200 g/mol. The third kappa shape index (κ3) is 1.05. The predicted molar refractivity (Wildman–Crippen MR) is 64.0 cm³/mol. The fourth-order valence-corrected chi connectivity index (χ4v) is 3.34. The molecule has 1 aromatic carbocycles. The maximum Gasteiger partial charge on any atom is 0.0384 e. The van der Waals surface area contributed by atoms with Gasteiger partial charge < -0.3 is 0 Å². The molecular formula is C13H12S. The Morgan fingerprint density at radius 2 is 2.00 bits per heavy atom. The Labute approximate surface area is 87.2 Å². The molecular weight excluding hydrogens is 188 g/mol. The molecule has 14 heavy (non-hydrogen) atoms. The van der Waals surface area contributed by atoms with Crippen molar-refractivity contribution in [2.45, 2.75) is 19.8 Å². The maximum atomic E-state index is 2.38. The molecule has 0 fully saturated rings. The second kappa shape index (κ2) is 2.96. The summed E-state index contributed by atoms with van der Waals surface area (Å²) < 4.78 is 2.94. The third-order valence-corrected chi connectivity index (χ3v) is 4.18. The highest BCUT2D eigenvalue weighted by atomic mass is 32.1. The van der Waals surface area contributed by atoms with E-state index in [-0.39, 0.29) is 0 Å². The zero-order chi connectivity index (χ0) is 9.54. The molecule has 0 saturated carbocycles. The van der Waals surface area contributed by atoms with Crippen LogP contribution in [0.25, 0.3) is 22.2 Å². The summed E-state index contributed by atoms with van der Waals surface area (Å²) in [5.41, 5.74) is 1.41. The first-order chi connectivity index (χ1) is 6.86. The fourth-order valence-electron chi connectivity index (χ4n) is 2.10. The standard InChI is InChI=1S/C13H12S/c1-9-5-4-7-11-10-6-2-3-8-12(10)14-13(9)11/h4-8H,2-3H2,1H3. The molecule has 0 unspecified atom stereocenters. The molecule has 0 saturated heterocycles. The highest BCUT2D eigenvalue weighted by molar-refractivity contribution is 7.17. The highest BCUT2D eigenvalue weighted by Gasteiger charge is 2.04. The summed E-state index contributed by atoms with van der Waals surface area (Å²) in [6, 6.07) is 6.60. The quantitative estimate of drug-likeness (QED) is 0.613. The molecule has 0 amide bonds. The zero-order valence-electron chi connectivity index (χ0n) is 8.21. The smallest absolute Gasteiger partial charge is 0.0384 e. The van der Waals surface area contributed by atoms with Crippen LogP contribution in [0.2, 0.25) is 0 Å². The van der Waals surface area contributed by atoms with Crippen LogP contribution in [0.5, 0.6) is 0 Å². The molecule has 3 rings (SSSR count). The molecule has 0 nitrogen and oxygen atoms in total. The lowest BCUT2D eigenvalue weighted by molar-refractivity contribution is 1.13. The average Bonchev–Trinajstić information content (AvgIpc) is 2.59. The summed E-state index contributed by atoms with van der Waals surface area (Å²) in [4.78, 5) is 0. The molecule has 2 aromatic rings. The van der Waals surface area contributed by atoms with E-state index in [0.717, 1.165) is 0 Å². The fraction of sp³-hybridized carbons (Fsp3) is 0.231. The van der Waals surface area contributed by atoms with Crippen LogP contribution in [-0.4, -0.2) is 0 Å². The first kappa shape index (κ1) is 8.25. The van der Waals surface area contributed by atoms with E-state index in [2.05, 4.69) is 37.3 Å². The number of hydrogen-bond donors (Lipinski definition) is 0. The van der Waals surface area contributed by atoms with Crippen LogP contribution in [0.15, 0.2) is 18.2 Å². The van der Waals surface area contributed by atoms with Gasteiger partial charge in [-0.15, -0.1) is 11.3 Å². The zero-order valence-corrected chi connectivity index (χ0v) is 9.03. The van der Waals surface area contributed by atoms with Gasteiger partial charge in [-0.2, -0.15) is 0 Å². The minimum absolute atomic E-state index is 1.20. The van der Waals surface area contributed by atoms with E-state index < -0.39 is 0 Å². The molecule has 1 heteroatoms. The molecule has 1 aliphatic rings. The van der Waals surface area contributed by atoms with E-state index >= 15 is 0 Å². The Kier molecular flexibility index (Phi) is 1.74. The summed E-state index contributed by atoms with van der Waals surface area (Å²) in [6.07, 6.45) is 7.17. The van der Waals surface area contributed by atoms with Gasteiger partial charge in [-0.25, -0.2) is 0 Å². The SMILES string of the molecule is Cc1cccc2c3c(sc12)=CCCC=3. The third-order valence-electron chi connectivity index (χ3n) is 2.82. The molecule has 1 aromatic heterocycles. The summed E-state index contributed by atoms with van der Waals surface area (Å²) in [5.74, 6) is 0. The number of aryl methyl sites for hydroxylation is 1.